The van der Waals surface area contributed by atoms with Gasteiger partial charge in [-0.15, -0.1) is 0 Å². The van der Waals surface area contributed by atoms with E-state index in [9.17, 15) is 9.59 Å². The van der Waals surface area contributed by atoms with Crippen molar-refractivity contribution in [1.82, 2.24) is 15.6 Å². The van der Waals surface area contributed by atoms with Crippen LogP contribution in [-0.2, 0) is 9.59 Å². The summed E-state index contributed by atoms with van der Waals surface area (Å²) in [5, 5.41) is 2.77. The number of rotatable bonds is 8. The van der Waals surface area contributed by atoms with Gasteiger partial charge < -0.3 is 5.32 Å². The molecule has 0 aliphatic heterocycles. The Hall–Kier alpha value is -1.14. The number of carbonyl (C=O) groups excluding carboxylic acids is 2. The summed E-state index contributed by atoms with van der Waals surface area (Å²) in [5.74, 6) is 4.80. The summed E-state index contributed by atoms with van der Waals surface area (Å²) in [7, 11) is 1.75. The van der Waals surface area contributed by atoms with Crippen LogP contribution in [0.1, 0.15) is 33.1 Å². The fourth-order valence-corrected chi connectivity index (χ4v) is 1.58. The first-order valence-electron chi connectivity index (χ1n) is 6.04. The molecule has 0 aromatic carbocycles. The van der Waals surface area contributed by atoms with E-state index in [1.54, 1.807) is 11.9 Å². The Morgan fingerprint density at radius 3 is 2.41 bits per heavy atom. The monoisotopic (exact) mass is 244 g/mol. The molecule has 0 fully saturated rings. The number of nitrogens with one attached hydrogen (secondary N) is 2. The second-order valence-electron chi connectivity index (χ2n) is 4.08. The standard InChI is InChI=1S/C11H24N4O2/c1-4-6-9(11(17)14-12)15(3)8-10(16)13-7-5-2/h9H,4-8,12H2,1-3H3,(H,13,16)(H,14,17). The minimum Gasteiger partial charge on any atom is -0.355 e. The van der Waals surface area contributed by atoms with Crippen LogP contribution in [0, 0.1) is 0 Å². The lowest BCUT2D eigenvalue weighted by Gasteiger charge is -2.25. The fourth-order valence-electron chi connectivity index (χ4n) is 1.58. The molecular weight excluding hydrogens is 220 g/mol. The average Bonchev–Trinajstić information content (AvgIpc) is 2.32. The third-order valence-corrected chi connectivity index (χ3v) is 2.50. The van der Waals surface area contributed by atoms with Gasteiger partial charge in [0.2, 0.25) is 5.91 Å². The summed E-state index contributed by atoms with van der Waals surface area (Å²) in [6, 6.07) is -0.350. The minimum atomic E-state index is -0.350. The number of amides is 2. The van der Waals surface area contributed by atoms with E-state index >= 15 is 0 Å². The molecule has 0 aliphatic rings. The number of hydrogen-bond donors (Lipinski definition) is 3. The normalized spacial score (nSPS) is 12.3. The number of hydrazine groups is 1. The summed E-state index contributed by atoms with van der Waals surface area (Å²) in [5.41, 5.74) is 2.13. The van der Waals surface area contributed by atoms with Crippen molar-refractivity contribution in [3.8, 4) is 0 Å². The summed E-state index contributed by atoms with van der Waals surface area (Å²) in [6.45, 7) is 4.85. The van der Waals surface area contributed by atoms with E-state index < -0.39 is 0 Å². The van der Waals surface area contributed by atoms with Gasteiger partial charge in [0.15, 0.2) is 0 Å². The zero-order valence-electron chi connectivity index (χ0n) is 11.0. The minimum absolute atomic E-state index is 0.0692. The van der Waals surface area contributed by atoms with E-state index in [2.05, 4.69) is 10.7 Å². The Labute approximate surface area is 103 Å². The predicted octanol–water partition coefficient (Wildman–Crippen LogP) is -0.397. The number of nitrogens with two attached hydrogens (primary N) is 1. The lowest BCUT2D eigenvalue weighted by Crippen LogP contribution is -2.50. The van der Waals surface area contributed by atoms with Crippen molar-refractivity contribution < 1.29 is 9.59 Å². The van der Waals surface area contributed by atoms with E-state index in [0.717, 1.165) is 12.8 Å². The van der Waals surface area contributed by atoms with Crippen LogP contribution < -0.4 is 16.6 Å². The molecule has 0 radical (unpaired) electrons. The maximum absolute atomic E-state index is 11.5. The zero-order valence-corrected chi connectivity index (χ0v) is 11.0. The molecule has 0 saturated heterocycles. The molecule has 0 aliphatic carbocycles. The van der Waals surface area contributed by atoms with Crippen molar-refractivity contribution in [1.29, 1.82) is 0 Å². The average molecular weight is 244 g/mol. The Morgan fingerprint density at radius 2 is 1.94 bits per heavy atom. The lowest BCUT2D eigenvalue weighted by molar-refractivity contribution is -0.128. The molecule has 0 saturated carbocycles. The summed E-state index contributed by atoms with van der Waals surface area (Å²) in [4.78, 5) is 24.8. The van der Waals surface area contributed by atoms with Crippen molar-refractivity contribution in [2.45, 2.75) is 39.2 Å². The maximum atomic E-state index is 11.5. The first kappa shape index (κ1) is 15.9. The first-order chi connectivity index (χ1) is 8.06. The quantitative estimate of drug-likeness (QED) is 0.308. The van der Waals surface area contributed by atoms with Crippen LogP contribution in [0.4, 0.5) is 0 Å². The van der Waals surface area contributed by atoms with Gasteiger partial charge in [0.25, 0.3) is 5.91 Å². The van der Waals surface area contributed by atoms with Gasteiger partial charge in [-0.3, -0.25) is 19.9 Å². The summed E-state index contributed by atoms with van der Waals surface area (Å²) < 4.78 is 0. The van der Waals surface area contributed by atoms with Gasteiger partial charge in [0.1, 0.15) is 0 Å². The van der Waals surface area contributed by atoms with Crippen LogP contribution in [0.2, 0.25) is 0 Å². The highest BCUT2D eigenvalue weighted by molar-refractivity contribution is 5.83. The fraction of sp³-hybridized carbons (Fsp3) is 0.818. The number of likely N-dealkylation sites (N-methyl/N-ethyl adjacent to an activating group) is 1. The van der Waals surface area contributed by atoms with Crippen LogP contribution in [0.3, 0.4) is 0 Å². The molecule has 0 aromatic heterocycles. The molecule has 2 amide bonds. The second kappa shape index (κ2) is 8.95. The highest BCUT2D eigenvalue weighted by Crippen LogP contribution is 2.04. The zero-order chi connectivity index (χ0) is 13.3. The molecule has 0 spiro atoms. The van der Waals surface area contributed by atoms with Gasteiger partial charge in [0, 0.05) is 6.54 Å². The number of nitrogens with zero attached hydrogens (tertiary/aromatic N) is 1. The Bertz CT molecular complexity index is 246. The van der Waals surface area contributed by atoms with Crippen LogP contribution in [0.5, 0.6) is 0 Å². The highest BCUT2D eigenvalue weighted by Gasteiger charge is 2.22. The smallest absolute Gasteiger partial charge is 0.251 e. The highest BCUT2D eigenvalue weighted by atomic mass is 16.2. The third-order valence-electron chi connectivity index (χ3n) is 2.50. The van der Waals surface area contributed by atoms with Crippen molar-refractivity contribution in [3.63, 3.8) is 0 Å². The Morgan fingerprint density at radius 1 is 1.29 bits per heavy atom. The van der Waals surface area contributed by atoms with Gasteiger partial charge in [0.05, 0.1) is 12.6 Å². The Balaban J connectivity index is 4.26. The van der Waals surface area contributed by atoms with Crippen molar-refractivity contribution in [2.24, 2.45) is 5.84 Å². The predicted molar refractivity (Wildman–Crippen MR) is 67.0 cm³/mol. The largest absolute Gasteiger partial charge is 0.355 e. The van der Waals surface area contributed by atoms with Crippen LogP contribution in [0.15, 0.2) is 0 Å². The topological polar surface area (TPSA) is 87.5 Å². The van der Waals surface area contributed by atoms with Crippen molar-refractivity contribution in [3.05, 3.63) is 0 Å². The van der Waals surface area contributed by atoms with Gasteiger partial charge in [-0.25, -0.2) is 5.84 Å². The van der Waals surface area contributed by atoms with Gasteiger partial charge in [-0.05, 0) is 19.9 Å². The van der Waals surface area contributed by atoms with Crippen LogP contribution >= 0.6 is 0 Å². The third kappa shape index (κ3) is 6.23. The first-order valence-corrected chi connectivity index (χ1v) is 6.04. The molecule has 0 heterocycles. The van der Waals surface area contributed by atoms with Crippen LogP contribution in [0.25, 0.3) is 0 Å². The molecule has 6 nitrogen and oxygen atoms in total. The summed E-state index contributed by atoms with van der Waals surface area (Å²) >= 11 is 0. The molecule has 17 heavy (non-hydrogen) atoms. The molecule has 0 bridgehead atoms. The SMILES string of the molecule is CCCNC(=O)CN(C)C(CCC)C(=O)NN. The van der Waals surface area contributed by atoms with E-state index in [0.29, 0.717) is 13.0 Å². The Kier molecular flexibility index (Phi) is 8.35. The van der Waals surface area contributed by atoms with E-state index in [4.69, 9.17) is 5.84 Å². The molecular formula is C11H24N4O2. The van der Waals surface area contributed by atoms with E-state index in [1.807, 2.05) is 13.8 Å². The molecule has 0 rings (SSSR count). The molecule has 0 aromatic rings. The number of carbonyl (C=O) groups is 2. The van der Waals surface area contributed by atoms with E-state index in [1.165, 1.54) is 0 Å². The molecule has 1 unspecified atom stereocenters. The van der Waals surface area contributed by atoms with Gasteiger partial charge in [-0.2, -0.15) is 0 Å². The maximum Gasteiger partial charge on any atom is 0.251 e. The molecule has 4 N–H and O–H groups in total. The van der Waals surface area contributed by atoms with Crippen LogP contribution in [-0.4, -0.2) is 42.9 Å². The molecule has 6 heteroatoms. The second-order valence-corrected chi connectivity index (χ2v) is 4.08. The van der Waals surface area contributed by atoms with Crippen molar-refractivity contribution >= 4 is 11.8 Å². The van der Waals surface area contributed by atoms with Crippen molar-refractivity contribution in [2.75, 3.05) is 20.1 Å². The van der Waals surface area contributed by atoms with Gasteiger partial charge in [-0.1, -0.05) is 20.3 Å². The molecule has 100 valence electrons. The molecule has 1 atom stereocenters. The van der Waals surface area contributed by atoms with E-state index in [-0.39, 0.29) is 24.4 Å². The lowest BCUT2D eigenvalue weighted by atomic mass is 10.1. The van der Waals surface area contributed by atoms with Gasteiger partial charge >= 0.3 is 0 Å². The summed E-state index contributed by atoms with van der Waals surface area (Å²) in [6.07, 6.45) is 2.44. The number of hydrogen-bond acceptors (Lipinski definition) is 4.